The monoisotopic (exact) mass is 458 g/mol. The van der Waals surface area contributed by atoms with Crippen LogP contribution in [0.3, 0.4) is 0 Å². The van der Waals surface area contributed by atoms with Gasteiger partial charge in [0.25, 0.3) is 0 Å². The Bertz CT molecular complexity index is 702. The highest BCUT2D eigenvalue weighted by Gasteiger charge is 2.24. The normalized spacial score (nSPS) is 12.5. The van der Waals surface area contributed by atoms with Crippen LogP contribution in [0.15, 0.2) is 40.0 Å². The smallest absolute Gasteiger partial charge is 0.304 e. The lowest BCUT2D eigenvalue weighted by atomic mass is 9.96. The Kier molecular flexibility index (Phi) is 7.86. The van der Waals surface area contributed by atoms with E-state index in [1.54, 1.807) is 0 Å². The van der Waals surface area contributed by atoms with E-state index in [1.165, 1.54) is 0 Å². The molecule has 134 valence electrons. The molecule has 0 amide bonds. The number of aliphatic carboxylic acids is 1. The van der Waals surface area contributed by atoms with Crippen LogP contribution < -0.4 is 0 Å². The fourth-order valence-electron chi connectivity index (χ4n) is 2.43. The summed E-state index contributed by atoms with van der Waals surface area (Å²) in [5, 5.41) is 24.5. The highest BCUT2D eigenvalue weighted by Crippen LogP contribution is 2.30. The van der Waals surface area contributed by atoms with E-state index in [1.807, 2.05) is 52.9 Å². The van der Waals surface area contributed by atoms with Gasteiger partial charge in [0.1, 0.15) is 5.69 Å². The summed E-state index contributed by atoms with van der Waals surface area (Å²) in [6, 6.07) is 9.86. The van der Waals surface area contributed by atoms with Crippen molar-refractivity contribution in [1.82, 2.24) is 5.16 Å². The molecule has 7 nitrogen and oxygen atoms in total. The van der Waals surface area contributed by atoms with Crippen molar-refractivity contribution >= 4 is 34.8 Å². The van der Waals surface area contributed by atoms with Crippen molar-refractivity contribution in [3.8, 4) is 0 Å². The molecular formula is C17H19IN2O5. The van der Waals surface area contributed by atoms with Gasteiger partial charge < -0.3 is 19.6 Å². The third-order valence-corrected chi connectivity index (χ3v) is 4.69. The number of ether oxygens (including phenoxy) is 1. The summed E-state index contributed by atoms with van der Waals surface area (Å²) in [5.41, 5.74) is 1.48. The molecule has 2 rings (SSSR count). The molecule has 0 spiro atoms. The third-order valence-electron chi connectivity index (χ3n) is 3.61. The Balaban J connectivity index is 1.88. The molecule has 1 aromatic carbocycles. The van der Waals surface area contributed by atoms with Crippen molar-refractivity contribution < 1.29 is 24.4 Å². The van der Waals surface area contributed by atoms with Gasteiger partial charge in [0.2, 0.25) is 0 Å². The van der Waals surface area contributed by atoms with Crippen molar-refractivity contribution in [2.24, 2.45) is 5.16 Å². The molecule has 25 heavy (non-hydrogen) atoms. The second-order valence-corrected chi connectivity index (χ2v) is 6.54. The topological polar surface area (TPSA) is 105 Å². The number of carbonyl (C=O) groups is 1. The zero-order valence-corrected chi connectivity index (χ0v) is 15.6. The lowest BCUT2D eigenvalue weighted by Crippen LogP contribution is -2.08. The minimum atomic E-state index is -0.903. The first kappa shape index (κ1) is 19.4. The molecule has 0 saturated carbocycles. The summed E-state index contributed by atoms with van der Waals surface area (Å²) in [7, 11) is 0. The Morgan fingerprint density at radius 1 is 1.40 bits per heavy atom. The van der Waals surface area contributed by atoms with E-state index in [-0.39, 0.29) is 12.3 Å². The van der Waals surface area contributed by atoms with E-state index in [0.29, 0.717) is 41.1 Å². The minimum absolute atomic E-state index is 0.0560. The van der Waals surface area contributed by atoms with Gasteiger partial charge in [-0.3, -0.25) is 4.79 Å². The molecular weight excluding hydrogens is 439 g/mol. The molecule has 0 bridgehead atoms. The number of rotatable bonds is 10. The van der Waals surface area contributed by atoms with Crippen LogP contribution >= 0.6 is 22.6 Å². The molecule has 1 aromatic heterocycles. The Morgan fingerprint density at radius 2 is 2.16 bits per heavy atom. The number of carboxylic acids is 1. The van der Waals surface area contributed by atoms with Crippen LogP contribution in [0.5, 0.6) is 0 Å². The predicted octanol–water partition coefficient (Wildman–Crippen LogP) is 3.64. The maximum atomic E-state index is 11.1. The van der Waals surface area contributed by atoms with Crippen LogP contribution in [0.1, 0.15) is 42.2 Å². The zero-order chi connectivity index (χ0) is 18.1. The lowest BCUT2D eigenvalue weighted by Gasteiger charge is -2.12. The Morgan fingerprint density at radius 3 is 2.84 bits per heavy atom. The summed E-state index contributed by atoms with van der Waals surface area (Å²) in [6.07, 6.45) is 2.40. The number of oxime groups is 1. The van der Waals surface area contributed by atoms with Gasteiger partial charge in [-0.1, -0.05) is 40.6 Å². The molecule has 1 heterocycles. The van der Waals surface area contributed by atoms with Crippen molar-refractivity contribution in [2.75, 3.05) is 6.61 Å². The average Bonchev–Trinajstić information content (AvgIpc) is 2.95. The lowest BCUT2D eigenvalue weighted by molar-refractivity contribution is -0.137. The van der Waals surface area contributed by atoms with Crippen LogP contribution in [0, 0.1) is 3.57 Å². The van der Waals surface area contributed by atoms with Gasteiger partial charge in [0.05, 0.1) is 22.8 Å². The summed E-state index contributed by atoms with van der Waals surface area (Å²) in [6.45, 7) is 1.06. The van der Waals surface area contributed by atoms with E-state index in [0.717, 1.165) is 11.8 Å². The summed E-state index contributed by atoms with van der Waals surface area (Å²) >= 11 is 2.01. The molecule has 0 aliphatic heterocycles. The second kappa shape index (κ2) is 10.1. The van der Waals surface area contributed by atoms with Crippen LogP contribution in [-0.2, 0) is 16.1 Å². The van der Waals surface area contributed by atoms with Crippen LogP contribution in [0.4, 0.5) is 0 Å². The van der Waals surface area contributed by atoms with E-state index in [9.17, 15) is 4.79 Å². The highest BCUT2D eigenvalue weighted by atomic mass is 127. The number of aromatic nitrogens is 1. The summed E-state index contributed by atoms with van der Waals surface area (Å²) in [5.74, 6) is -0.709. The van der Waals surface area contributed by atoms with Crippen molar-refractivity contribution in [3.63, 3.8) is 0 Å². The maximum absolute atomic E-state index is 11.1. The van der Waals surface area contributed by atoms with E-state index in [2.05, 4.69) is 10.3 Å². The van der Waals surface area contributed by atoms with Gasteiger partial charge in [0, 0.05) is 12.5 Å². The fourth-order valence-corrected chi connectivity index (χ4v) is 3.20. The summed E-state index contributed by atoms with van der Waals surface area (Å²) < 4.78 is 11.6. The quantitative estimate of drug-likeness (QED) is 0.185. The number of carboxylic acid groups (broad SMARTS) is 1. The largest absolute Gasteiger partial charge is 0.481 e. The van der Waals surface area contributed by atoms with Gasteiger partial charge in [-0.15, -0.1) is 0 Å². The standard InChI is InChI=1S/C17H19IN2O5/c18-16-14(10-19-23)20-25-17(16)13(9-15(21)22)7-4-8-24-11-12-5-2-1-3-6-12/h1-3,5-6,10,13,23H,4,7-9,11H2,(H,21,22)/b19-10-/t13-/m0/s1. The predicted molar refractivity (Wildman–Crippen MR) is 98.9 cm³/mol. The molecule has 0 radical (unpaired) electrons. The number of nitrogens with zero attached hydrogens (tertiary/aromatic N) is 2. The number of benzene rings is 1. The average molecular weight is 458 g/mol. The molecule has 0 unspecified atom stereocenters. The first-order valence-corrected chi connectivity index (χ1v) is 8.85. The van der Waals surface area contributed by atoms with Gasteiger partial charge in [0.15, 0.2) is 5.76 Å². The van der Waals surface area contributed by atoms with Gasteiger partial charge in [-0.25, -0.2) is 0 Å². The van der Waals surface area contributed by atoms with Crippen molar-refractivity contribution in [3.05, 3.63) is 50.9 Å². The molecule has 8 heteroatoms. The van der Waals surface area contributed by atoms with Gasteiger partial charge in [-0.2, -0.15) is 0 Å². The maximum Gasteiger partial charge on any atom is 0.304 e. The number of hydrogen-bond acceptors (Lipinski definition) is 6. The Hall–Kier alpha value is -1.94. The van der Waals surface area contributed by atoms with E-state index >= 15 is 0 Å². The highest BCUT2D eigenvalue weighted by molar-refractivity contribution is 14.1. The van der Waals surface area contributed by atoms with E-state index in [4.69, 9.17) is 19.6 Å². The zero-order valence-electron chi connectivity index (χ0n) is 13.5. The number of halogens is 1. The third kappa shape index (κ3) is 6.13. The van der Waals surface area contributed by atoms with Gasteiger partial charge in [-0.05, 0) is 41.0 Å². The second-order valence-electron chi connectivity index (χ2n) is 5.47. The molecule has 1 atom stereocenters. The molecule has 0 aliphatic carbocycles. The molecule has 2 N–H and O–H groups in total. The van der Waals surface area contributed by atoms with Crippen LogP contribution in [0.25, 0.3) is 0 Å². The molecule has 0 saturated heterocycles. The minimum Gasteiger partial charge on any atom is -0.481 e. The molecule has 2 aromatic rings. The van der Waals surface area contributed by atoms with Crippen molar-refractivity contribution in [2.45, 2.75) is 31.8 Å². The fraction of sp³-hybridized carbons (Fsp3) is 0.353. The summed E-state index contributed by atoms with van der Waals surface area (Å²) in [4.78, 5) is 11.1. The van der Waals surface area contributed by atoms with Crippen LogP contribution in [0.2, 0.25) is 0 Å². The Labute approximate surface area is 158 Å². The number of hydrogen-bond donors (Lipinski definition) is 2. The van der Waals surface area contributed by atoms with Crippen molar-refractivity contribution in [1.29, 1.82) is 0 Å². The van der Waals surface area contributed by atoms with Crippen LogP contribution in [-0.4, -0.2) is 34.3 Å². The molecule has 0 fully saturated rings. The molecule has 0 aliphatic rings. The first-order chi connectivity index (χ1) is 12.1. The SMILES string of the molecule is O=C(O)C[C@H](CCCOCc1ccccc1)c1onc(/C=N\O)c1I. The van der Waals surface area contributed by atoms with Gasteiger partial charge >= 0.3 is 5.97 Å². The first-order valence-electron chi connectivity index (χ1n) is 7.77. The van der Waals surface area contributed by atoms with E-state index < -0.39 is 5.97 Å².